The molecule has 0 amide bonds. The second-order valence-corrected chi connectivity index (χ2v) is 9.54. The molecule has 0 unspecified atom stereocenters. The Morgan fingerprint density at radius 2 is 2.04 bits per heavy atom. The molecule has 7 heteroatoms. The predicted molar refractivity (Wildman–Crippen MR) is 96.8 cm³/mol. The number of hydrogen-bond donors (Lipinski definition) is 0. The van der Waals surface area contributed by atoms with Crippen molar-refractivity contribution in [3.63, 3.8) is 0 Å². The Labute approximate surface area is 142 Å². The molecule has 0 spiro atoms. The molecule has 3 rings (SSSR count). The summed E-state index contributed by atoms with van der Waals surface area (Å²) in [4.78, 5) is 7.07. The number of sulfonamides is 1. The second-order valence-electron chi connectivity index (χ2n) is 6.44. The minimum Gasteiger partial charge on any atom is -0.348 e. The van der Waals surface area contributed by atoms with Gasteiger partial charge in [0.1, 0.15) is 0 Å². The Hall–Kier alpha value is -1.18. The average molecular weight is 354 g/mol. The van der Waals surface area contributed by atoms with Crippen LogP contribution in [0, 0.1) is 12.8 Å². The van der Waals surface area contributed by atoms with Gasteiger partial charge in [-0.15, -0.1) is 0 Å². The quantitative estimate of drug-likeness (QED) is 0.848. The van der Waals surface area contributed by atoms with Crippen molar-refractivity contribution in [1.29, 1.82) is 0 Å². The lowest BCUT2D eigenvalue weighted by atomic mass is 9.97. The number of hydrogen-bond acceptors (Lipinski definition) is 5. The lowest BCUT2D eigenvalue weighted by Crippen LogP contribution is -2.39. The van der Waals surface area contributed by atoms with Crippen molar-refractivity contribution in [2.24, 2.45) is 5.92 Å². The van der Waals surface area contributed by atoms with Crippen LogP contribution in [0.25, 0.3) is 10.2 Å². The van der Waals surface area contributed by atoms with Crippen molar-refractivity contribution in [3.8, 4) is 0 Å². The zero-order valence-corrected chi connectivity index (χ0v) is 15.5. The molecule has 126 valence electrons. The van der Waals surface area contributed by atoms with Crippen molar-refractivity contribution in [2.45, 2.75) is 19.8 Å². The van der Waals surface area contributed by atoms with Gasteiger partial charge in [0.25, 0.3) is 0 Å². The van der Waals surface area contributed by atoms with Crippen LogP contribution in [0.5, 0.6) is 0 Å². The Morgan fingerprint density at radius 3 is 2.70 bits per heavy atom. The summed E-state index contributed by atoms with van der Waals surface area (Å²) in [6, 6.07) is 6.36. The zero-order chi connectivity index (χ0) is 16.6. The van der Waals surface area contributed by atoms with Crippen molar-refractivity contribution >= 4 is 36.7 Å². The van der Waals surface area contributed by atoms with E-state index in [-0.39, 0.29) is 0 Å². The fourth-order valence-electron chi connectivity index (χ4n) is 2.96. The number of rotatable bonds is 4. The first-order valence-electron chi connectivity index (χ1n) is 7.86. The molecule has 2 heterocycles. The SMILES string of the molecule is Cc1ccc2nc(N3CCC(CN(C)S(C)(=O)=O)CC3)sc2c1. The summed E-state index contributed by atoms with van der Waals surface area (Å²) in [6.07, 6.45) is 3.29. The normalized spacial score (nSPS) is 17.3. The molecule has 1 aliphatic rings. The van der Waals surface area contributed by atoms with E-state index in [1.165, 1.54) is 20.8 Å². The first-order chi connectivity index (χ1) is 10.8. The lowest BCUT2D eigenvalue weighted by molar-refractivity contribution is 0.329. The molecule has 0 N–H and O–H groups in total. The van der Waals surface area contributed by atoms with E-state index in [1.54, 1.807) is 18.4 Å². The molecule has 0 bridgehead atoms. The van der Waals surface area contributed by atoms with Crippen LogP contribution in [-0.4, -0.2) is 50.6 Å². The minimum absolute atomic E-state index is 0.433. The van der Waals surface area contributed by atoms with Crippen molar-refractivity contribution in [1.82, 2.24) is 9.29 Å². The van der Waals surface area contributed by atoms with Crippen LogP contribution in [0.4, 0.5) is 5.13 Å². The summed E-state index contributed by atoms with van der Waals surface area (Å²) >= 11 is 1.75. The van der Waals surface area contributed by atoms with Crippen molar-refractivity contribution < 1.29 is 8.42 Å². The highest BCUT2D eigenvalue weighted by Gasteiger charge is 2.24. The molecule has 0 atom stereocenters. The summed E-state index contributed by atoms with van der Waals surface area (Å²) in [6.45, 7) is 4.61. The molecule has 1 aromatic heterocycles. The highest BCUT2D eigenvalue weighted by atomic mass is 32.2. The molecule has 23 heavy (non-hydrogen) atoms. The molecule has 5 nitrogen and oxygen atoms in total. The van der Waals surface area contributed by atoms with Gasteiger partial charge in [-0.2, -0.15) is 0 Å². The molecule has 1 aliphatic heterocycles. The third-order valence-electron chi connectivity index (χ3n) is 4.50. The second kappa shape index (κ2) is 6.37. The van der Waals surface area contributed by atoms with Gasteiger partial charge in [-0.25, -0.2) is 17.7 Å². The van der Waals surface area contributed by atoms with Crippen LogP contribution < -0.4 is 4.90 Å². The molecular formula is C16H23N3O2S2. The van der Waals surface area contributed by atoms with E-state index in [0.29, 0.717) is 12.5 Å². The number of fused-ring (bicyclic) bond motifs is 1. The van der Waals surface area contributed by atoms with E-state index in [4.69, 9.17) is 4.98 Å². The van der Waals surface area contributed by atoms with Crippen LogP contribution in [-0.2, 0) is 10.0 Å². The summed E-state index contributed by atoms with van der Waals surface area (Å²) in [5, 5.41) is 1.08. The Kier molecular flexibility index (Phi) is 4.62. The number of anilines is 1. The van der Waals surface area contributed by atoms with Gasteiger partial charge in [-0.1, -0.05) is 17.4 Å². The van der Waals surface area contributed by atoms with Crippen LogP contribution in [0.1, 0.15) is 18.4 Å². The van der Waals surface area contributed by atoms with Gasteiger partial charge in [0, 0.05) is 26.7 Å². The van der Waals surface area contributed by atoms with Crippen molar-refractivity contribution in [2.75, 3.05) is 37.8 Å². The summed E-state index contributed by atoms with van der Waals surface area (Å²) in [5.74, 6) is 0.433. The highest BCUT2D eigenvalue weighted by Crippen LogP contribution is 2.32. The third-order valence-corrected chi connectivity index (χ3v) is 6.86. The minimum atomic E-state index is -3.08. The van der Waals surface area contributed by atoms with E-state index in [2.05, 4.69) is 30.0 Å². The van der Waals surface area contributed by atoms with Gasteiger partial charge in [-0.05, 0) is 43.4 Å². The fraction of sp³-hybridized carbons (Fsp3) is 0.562. The number of benzene rings is 1. The molecule has 1 fully saturated rings. The molecule has 0 saturated carbocycles. The van der Waals surface area contributed by atoms with Gasteiger partial charge >= 0.3 is 0 Å². The van der Waals surface area contributed by atoms with E-state index in [0.717, 1.165) is 36.6 Å². The molecule has 0 aliphatic carbocycles. The topological polar surface area (TPSA) is 53.5 Å². The first kappa shape index (κ1) is 16.7. The molecule has 2 aromatic rings. The van der Waals surface area contributed by atoms with Gasteiger partial charge < -0.3 is 4.90 Å². The Bertz CT molecular complexity index is 793. The molecule has 1 aromatic carbocycles. The predicted octanol–water partition coefficient (Wildman–Crippen LogP) is 2.71. The number of piperidine rings is 1. The highest BCUT2D eigenvalue weighted by molar-refractivity contribution is 7.88. The Morgan fingerprint density at radius 1 is 1.35 bits per heavy atom. The smallest absolute Gasteiger partial charge is 0.210 e. The van der Waals surface area contributed by atoms with Crippen LogP contribution in [0.2, 0.25) is 0 Å². The number of aryl methyl sites for hydroxylation is 1. The van der Waals surface area contributed by atoms with E-state index < -0.39 is 10.0 Å². The monoisotopic (exact) mass is 353 g/mol. The Balaban J connectivity index is 1.64. The maximum Gasteiger partial charge on any atom is 0.210 e. The molecular weight excluding hydrogens is 330 g/mol. The standard InChI is InChI=1S/C16H23N3O2S2/c1-12-4-5-14-15(10-12)22-16(17-14)19-8-6-13(7-9-19)11-18(2)23(3,20)21/h4-5,10,13H,6-9,11H2,1-3H3. The van der Waals surface area contributed by atoms with E-state index >= 15 is 0 Å². The van der Waals surface area contributed by atoms with Gasteiger partial charge in [0.05, 0.1) is 16.5 Å². The van der Waals surface area contributed by atoms with E-state index in [1.807, 2.05) is 0 Å². The maximum atomic E-state index is 11.5. The van der Waals surface area contributed by atoms with Gasteiger partial charge in [0.2, 0.25) is 10.0 Å². The molecule has 1 saturated heterocycles. The van der Waals surface area contributed by atoms with Gasteiger partial charge in [0.15, 0.2) is 5.13 Å². The summed E-state index contributed by atoms with van der Waals surface area (Å²) < 4.78 is 25.8. The number of nitrogens with zero attached hydrogens (tertiary/aromatic N) is 3. The summed E-state index contributed by atoms with van der Waals surface area (Å²) in [5.41, 5.74) is 2.32. The fourth-order valence-corrected chi connectivity index (χ4v) is 4.56. The molecule has 0 radical (unpaired) electrons. The lowest BCUT2D eigenvalue weighted by Gasteiger charge is -2.33. The third kappa shape index (κ3) is 3.84. The van der Waals surface area contributed by atoms with Gasteiger partial charge in [-0.3, -0.25) is 0 Å². The number of thiazole rings is 1. The number of aromatic nitrogens is 1. The summed E-state index contributed by atoms with van der Waals surface area (Å²) in [7, 11) is -1.42. The maximum absolute atomic E-state index is 11.5. The van der Waals surface area contributed by atoms with Crippen LogP contribution in [0.3, 0.4) is 0 Å². The van der Waals surface area contributed by atoms with Crippen LogP contribution in [0.15, 0.2) is 18.2 Å². The largest absolute Gasteiger partial charge is 0.348 e. The van der Waals surface area contributed by atoms with E-state index in [9.17, 15) is 8.42 Å². The zero-order valence-electron chi connectivity index (χ0n) is 13.8. The average Bonchev–Trinajstić information content (AvgIpc) is 2.90. The first-order valence-corrected chi connectivity index (χ1v) is 10.5. The van der Waals surface area contributed by atoms with Crippen LogP contribution >= 0.6 is 11.3 Å². The van der Waals surface area contributed by atoms with Crippen molar-refractivity contribution in [3.05, 3.63) is 23.8 Å².